The first kappa shape index (κ1) is 24.9. The maximum Gasteiger partial charge on any atom is 0.407 e. The van der Waals surface area contributed by atoms with Crippen LogP contribution in [0.15, 0.2) is 63.8 Å². The predicted octanol–water partition coefficient (Wildman–Crippen LogP) is 5.24. The number of carbonyl (C=O) groups excluding carboxylic acids is 2. The highest BCUT2D eigenvalue weighted by Crippen LogP contribution is 2.44. The molecule has 7 nitrogen and oxygen atoms in total. The molecule has 0 saturated carbocycles. The molecule has 4 rings (SSSR count). The number of benzene rings is 2. The molecular formula is C26H25BrN2O5S. The number of likely N-dealkylation sites (N-methyl/N-ethyl adjacent to an activating group) is 1. The molecule has 2 amide bonds. The Kier molecular flexibility index (Phi) is 7.87. The van der Waals surface area contributed by atoms with Crippen LogP contribution in [-0.2, 0) is 20.9 Å². The van der Waals surface area contributed by atoms with Gasteiger partial charge < -0.3 is 20.1 Å². The molecule has 1 aliphatic rings. The van der Waals surface area contributed by atoms with Crippen molar-refractivity contribution < 1.29 is 24.2 Å². The van der Waals surface area contributed by atoms with Gasteiger partial charge in [0.05, 0.1) is 3.79 Å². The van der Waals surface area contributed by atoms with E-state index in [1.54, 1.807) is 7.05 Å². The van der Waals surface area contributed by atoms with Gasteiger partial charge in [-0.25, -0.2) is 4.79 Å². The average Bonchev–Trinajstić information content (AvgIpc) is 3.40. The predicted molar refractivity (Wildman–Crippen MR) is 137 cm³/mol. The van der Waals surface area contributed by atoms with Crippen LogP contribution >= 0.6 is 27.3 Å². The van der Waals surface area contributed by atoms with Gasteiger partial charge in [-0.05, 0) is 61.6 Å². The molecule has 9 heteroatoms. The van der Waals surface area contributed by atoms with E-state index in [0.29, 0.717) is 6.54 Å². The highest BCUT2D eigenvalue weighted by Gasteiger charge is 2.30. The maximum absolute atomic E-state index is 13.0. The third kappa shape index (κ3) is 5.91. The molecule has 1 heterocycles. The molecule has 0 radical (unpaired) electrons. The van der Waals surface area contributed by atoms with Gasteiger partial charge in [0.25, 0.3) is 0 Å². The van der Waals surface area contributed by atoms with Gasteiger partial charge in [0.2, 0.25) is 5.91 Å². The van der Waals surface area contributed by atoms with Crippen molar-refractivity contribution >= 4 is 45.2 Å². The number of aliphatic carboxylic acids is 1. The van der Waals surface area contributed by atoms with Gasteiger partial charge in [-0.1, -0.05) is 48.5 Å². The molecule has 2 N–H and O–H groups in total. The lowest BCUT2D eigenvalue weighted by Gasteiger charge is -2.24. The molecule has 3 aromatic rings. The van der Waals surface area contributed by atoms with Crippen LogP contribution < -0.4 is 5.32 Å². The number of hydrogen-bond donors (Lipinski definition) is 2. The van der Waals surface area contributed by atoms with E-state index in [-0.39, 0.29) is 31.3 Å². The van der Waals surface area contributed by atoms with Crippen LogP contribution in [0.3, 0.4) is 0 Å². The number of nitrogens with zero attached hydrogens (tertiary/aromatic N) is 1. The third-order valence-corrected chi connectivity index (χ3v) is 7.55. The minimum Gasteiger partial charge on any atom is -0.481 e. The zero-order valence-electron chi connectivity index (χ0n) is 19.1. The quantitative estimate of drug-likeness (QED) is 0.375. The second kappa shape index (κ2) is 11.0. The van der Waals surface area contributed by atoms with Crippen molar-refractivity contribution in [2.75, 3.05) is 13.7 Å². The van der Waals surface area contributed by atoms with E-state index in [0.717, 1.165) is 31.6 Å². The molecule has 1 unspecified atom stereocenters. The molecule has 1 aliphatic carbocycles. The van der Waals surface area contributed by atoms with E-state index < -0.39 is 18.1 Å². The normalized spacial score (nSPS) is 13.0. The van der Waals surface area contributed by atoms with Crippen LogP contribution in [0, 0.1) is 0 Å². The fraction of sp³-hybridized carbons (Fsp3) is 0.269. The number of hydrogen-bond acceptors (Lipinski definition) is 5. The topological polar surface area (TPSA) is 95.9 Å². The van der Waals surface area contributed by atoms with Crippen molar-refractivity contribution in [2.45, 2.75) is 31.3 Å². The summed E-state index contributed by atoms with van der Waals surface area (Å²) in [5, 5.41) is 13.6. The monoisotopic (exact) mass is 556 g/mol. The number of alkyl carbamates (subject to hydrolysis) is 1. The Morgan fingerprint density at radius 2 is 1.74 bits per heavy atom. The van der Waals surface area contributed by atoms with E-state index >= 15 is 0 Å². The number of ether oxygens (including phenoxy) is 1. The number of halogens is 1. The SMILES string of the molecule is CN(Cc1csc(Br)c1)C(=O)C(CCC(=O)O)NC(=O)OCC1c2ccccc2-c2ccccc21. The van der Waals surface area contributed by atoms with Crippen LogP contribution in [0.25, 0.3) is 11.1 Å². The molecular weight excluding hydrogens is 532 g/mol. The van der Waals surface area contributed by atoms with E-state index in [4.69, 9.17) is 9.84 Å². The molecule has 1 aromatic heterocycles. The Labute approximate surface area is 215 Å². The number of amides is 2. The van der Waals surface area contributed by atoms with Crippen molar-refractivity contribution in [3.63, 3.8) is 0 Å². The zero-order valence-corrected chi connectivity index (χ0v) is 21.5. The van der Waals surface area contributed by atoms with Crippen molar-refractivity contribution in [1.82, 2.24) is 10.2 Å². The Morgan fingerprint density at radius 1 is 1.11 bits per heavy atom. The summed E-state index contributed by atoms with van der Waals surface area (Å²) in [6, 6.07) is 16.9. The zero-order chi connectivity index (χ0) is 24.9. The van der Waals surface area contributed by atoms with Crippen LogP contribution in [-0.4, -0.2) is 47.7 Å². The number of carboxylic acids is 1. The van der Waals surface area contributed by atoms with Crippen LogP contribution in [0.1, 0.15) is 35.4 Å². The first-order chi connectivity index (χ1) is 16.8. The number of fused-ring (bicyclic) bond motifs is 3. The van der Waals surface area contributed by atoms with E-state index in [2.05, 4.69) is 33.4 Å². The van der Waals surface area contributed by atoms with Gasteiger partial charge in [-0.15, -0.1) is 11.3 Å². The maximum atomic E-state index is 13.0. The summed E-state index contributed by atoms with van der Waals surface area (Å²) < 4.78 is 6.51. The number of thiophene rings is 1. The fourth-order valence-corrected chi connectivity index (χ4v) is 5.55. The van der Waals surface area contributed by atoms with E-state index in [1.807, 2.05) is 47.8 Å². The summed E-state index contributed by atoms with van der Waals surface area (Å²) in [4.78, 5) is 38.4. The van der Waals surface area contributed by atoms with Crippen molar-refractivity contribution in [1.29, 1.82) is 0 Å². The third-order valence-electron chi connectivity index (χ3n) is 6.00. The lowest BCUT2D eigenvalue weighted by molar-refractivity contribution is -0.138. The van der Waals surface area contributed by atoms with E-state index in [1.165, 1.54) is 16.2 Å². The number of carbonyl (C=O) groups is 3. The molecule has 1 atom stereocenters. The summed E-state index contributed by atoms with van der Waals surface area (Å²) in [6.07, 6.45) is -1.03. The first-order valence-corrected chi connectivity index (χ1v) is 12.8. The molecule has 2 aromatic carbocycles. The minimum atomic E-state index is -1.04. The molecule has 0 fully saturated rings. The van der Waals surface area contributed by atoms with Crippen LogP contribution in [0.4, 0.5) is 4.79 Å². The van der Waals surface area contributed by atoms with Crippen molar-refractivity contribution in [3.8, 4) is 11.1 Å². The number of carboxylic acid groups (broad SMARTS) is 1. The second-order valence-electron chi connectivity index (χ2n) is 8.41. The molecule has 182 valence electrons. The highest BCUT2D eigenvalue weighted by molar-refractivity contribution is 9.11. The van der Waals surface area contributed by atoms with Crippen molar-refractivity contribution in [2.24, 2.45) is 0 Å². The van der Waals surface area contributed by atoms with Gasteiger partial charge in [-0.3, -0.25) is 9.59 Å². The summed E-state index contributed by atoms with van der Waals surface area (Å²) in [5.41, 5.74) is 5.35. The fourth-order valence-electron chi connectivity index (χ4n) is 4.35. The Hall–Kier alpha value is -3.17. The standard InChI is InChI=1S/C26H25BrN2O5S/c1-29(13-16-12-23(27)35-15-16)25(32)22(10-11-24(30)31)28-26(33)34-14-21-19-8-4-2-6-17(19)18-7-3-5-9-20(18)21/h2-9,12,15,21-22H,10-11,13-14H2,1H3,(H,28,33)(H,30,31). The Balaban J connectivity index is 1.41. The first-order valence-electron chi connectivity index (χ1n) is 11.1. The van der Waals surface area contributed by atoms with Gasteiger partial charge in [0, 0.05) is 25.9 Å². The summed E-state index contributed by atoms with van der Waals surface area (Å²) in [7, 11) is 1.63. The Morgan fingerprint density at radius 3 is 2.31 bits per heavy atom. The lowest BCUT2D eigenvalue weighted by Crippen LogP contribution is -2.47. The van der Waals surface area contributed by atoms with Gasteiger partial charge in [0.1, 0.15) is 12.6 Å². The van der Waals surface area contributed by atoms with Gasteiger partial charge in [-0.2, -0.15) is 0 Å². The van der Waals surface area contributed by atoms with Gasteiger partial charge in [0.15, 0.2) is 0 Å². The lowest BCUT2D eigenvalue weighted by atomic mass is 9.98. The van der Waals surface area contributed by atoms with Crippen LogP contribution in [0.5, 0.6) is 0 Å². The summed E-state index contributed by atoms with van der Waals surface area (Å²) in [5.74, 6) is -1.52. The van der Waals surface area contributed by atoms with Crippen molar-refractivity contribution in [3.05, 3.63) is 80.5 Å². The molecule has 0 spiro atoms. The second-order valence-corrected chi connectivity index (χ2v) is 10.7. The molecule has 0 aliphatic heterocycles. The largest absolute Gasteiger partial charge is 0.481 e. The van der Waals surface area contributed by atoms with Crippen LogP contribution in [0.2, 0.25) is 0 Å². The molecule has 0 saturated heterocycles. The summed E-state index contributed by atoms with van der Waals surface area (Å²) >= 11 is 4.91. The molecule has 35 heavy (non-hydrogen) atoms. The van der Waals surface area contributed by atoms with E-state index in [9.17, 15) is 14.4 Å². The summed E-state index contributed by atoms with van der Waals surface area (Å²) in [6.45, 7) is 0.454. The van der Waals surface area contributed by atoms with Gasteiger partial charge >= 0.3 is 12.1 Å². The minimum absolute atomic E-state index is 0.0317. The number of rotatable bonds is 9. The Bertz CT molecular complexity index is 1200. The molecule has 0 bridgehead atoms. The highest BCUT2D eigenvalue weighted by atomic mass is 79.9. The smallest absolute Gasteiger partial charge is 0.407 e. The average molecular weight is 557 g/mol. The number of nitrogens with one attached hydrogen (secondary N) is 1.